The fraction of sp³-hybridized carbons (Fsp3) is 0.0909. The normalized spacial score (nSPS) is 17.8. The first kappa shape index (κ1) is 9.08. The molecule has 4 nitrogen and oxygen atoms in total. The molecule has 2 aliphatic rings. The van der Waals surface area contributed by atoms with Gasteiger partial charge in [-0.15, -0.1) is 0 Å². The summed E-state index contributed by atoms with van der Waals surface area (Å²) in [5.41, 5.74) is 0.171. The van der Waals surface area contributed by atoms with Gasteiger partial charge < -0.3 is 9.47 Å². The van der Waals surface area contributed by atoms with E-state index < -0.39 is 17.4 Å². The molecule has 0 N–H and O–H groups in total. The van der Waals surface area contributed by atoms with Crippen LogP contribution in [0.4, 0.5) is 4.39 Å². The predicted molar refractivity (Wildman–Crippen MR) is 49.1 cm³/mol. The zero-order valence-electron chi connectivity index (χ0n) is 7.95. The van der Waals surface area contributed by atoms with Crippen LogP contribution in [0.5, 0.6) is 0 Å². The maximum Gasteiger partial charge on any atom is 0.232 e. The molecular formula is C11H5FO4. The highest BCUT2D eigenvalue weighted by Gasteiger charge is 2.38. The first-order valence-corrected chi connectivity index (χ1v) is 4.57. The standard InChI is InChI=1S/C11H5FO4/c12-5-1-2-6-7(3-5)9(14)11-10(8(6)13)15-4-16-11/h1-3H,4H2. The van der Waals surface area contributed by atoms with Crippen LogP contribution in [0.15, 0.2) is 29.7 Å². The summed E-state index contributed by atoms with van der Waals surface area (Å²) in [5, 5.41) is 0. The van der Waals surface area contributed by atoms with Gasteiger partial charge in [0.15, 0.2) is 0 Å². The molecule has 0 radical (unpaired) electrons. The SMILES string of the molecule is O=C1C2=C(OCO2)C(=O)c2cc(F)ccc21. The van der Waals surface area contributed by atoms with Crippen LogP contribution in [0.3, 0.4) is 0 Å². The molecule has 0 atom stereocenters. The summed E-state index contributed by atoms with van der Waals surface area (Å²) in [6.45, 7) is -0.154. The molecule has 0 amide bonds. The Morgan fingerprint density at radius 1 is 1.00 bits per heavy atom. The van der Waals surface area contributed by atoms with Gasteiger partial charge in [0, 0.05) is 11.1 Å². The largest absolute Gasteiger partial charge is 0.449 e. The van der Waals surface area contributed by atoms with Crippen LogP contribution in [-0.2, 0) is 9.47 Å². The molecule has 16 heavy (non-hydrogen) atoms. The van der Waals surface area contributed by atoms with E-state index in [0.717, 1.165) is 12.1 Å². The van der Waals surface area contributed by atoms with Gasteiger partial charge in [-0.1, -0.05) is 0 Å². The Kier molecular flexibility index (Phi) is 1.65. The van der Waals surface area contributed by atoms with Gasteiger partial charge in [-0.3, -0.25) is 9.59 Å². The van der Waals surface area contributed by atoms with Crippen molar-refractivity contribution in [3.63, 3.8) is 0 Å². The van der Waals surface area contributed by atoms with Crippen LogP contribution in [0.2, 0.25) is 0 Å². The molecule has 0 fully saturated rings. The Balaban J connectivity index is 2.25. The minimum absolute atomic E-state index is 0.0225. The Labute approximate surface area is 89.3 Å². The van der Waals surface area contributed by atoms with Crippen LogP contribution in [-0.4, -0.2) is 18.4 Å². The summed E-state index contributed by atoms with van der Waals surface area (Å²) in [6, 6.07) is 3.43. The summed E-state index contributed by atoms with van der Waals surface area (Å²) >= 11 is 0. The summed E-state index contributed by atoms with van der Waals surface area (Å²) in [5.74, 6) is -1.72. The van der Waals surface area contributed by atoms with E-state index in [1.54, 1.807) is 0 Å². The lowest BCUT2D eigenvalue weighted by atomic mass is 9.92. The van der Waals surface area contributed by atoms with E-state index in [-0.39, 0.29) is 29.4 Å². The molecule has 0 bridgehead atoms. The van der Waals surface area contributed by atoms with Gasteiger partial charge in [0.1, 0.15) is 5.82 Å². The molecule has 1 aliphatic carbocycles. The topological polar surface area (TPSA) is 52.6 Å². The number of carbonyl (C=O) groups excluding carboxylic acids is 2. The molecule has 0 saturated heterocycles. The molecule has 0 spiro atoms. The highest BCUT2D eigenvalue weighted by molar-refractivity contribution is 6.25. The molecule has 0 aromatic heterocycles. The van der Waals surface area contributed by atoms with Crippen molar-refractivity contribution < 1.29 is 23.5 Å². The van der Waals surface area contributed by atoms with Gasteiger partial charge in [-0.05, 0) is 18.2 Å². The Morgan fingerprint density at radius 2 is 1.62 bits per heavy atom. The number of ketones is 2. The number of fused-ring (bicyclic) bond motifs is 1. The van der Waals surface area contributed by atoms with Gasteiger partial charge in [-0.25, -0.2) is 4.39 Å². The van der Waals surface area contributed by atoms with Gasteiger partial charge in [0.2, 0.25) is 29.9 Å². The van der Waals surface area contributed by atoms with Crippen molar-refractivity contribution in [2.75, 3.05) is 6.79 Å². The lowest BCUT2D eigenvalue weighted by molar-refractivity contribution is 0.0601. The molecule has 80 valence electrons. The third-order valence-electron chi connectivity index (χ3n) is 2.50. The molecule has 1 aliphatic heterocycles. The summed E-state index contributed by atoms with van der Waals surface area (Å²) in [7, 11) is 0. The molecule has 5 heteroatoms. The number of hydrogen-bond donors (Lipinski definition) is 0. The van der Waals surface area contributed by atoms with Crippen molar-refractivity contribution in [2.45, 2.75) is 0 Å². The third kappa shape index (κ3) is 1.02. The maximum absolute atomic E-state index is 13.0. The van der Waals surface area contributed by atoms with Crippen molar-refractivity contribution in [1.29, 1.82) is 0 Å². The molecule has 0 unspecified atom stereocenters. The molecular weight excluding hydrogens is 215 g/mol. The molecule has 1 aromatic rings. The third-order valence-corrected chi connectivity index (χ3v) is 2.50. The first-order chi connectivity index (χ1) is 7.68. The average Bonchev–Trinajstić information content (AvgIpc) is 2.75. The van der Waals surface area contributed by atoms with Crippen LogP contribution >= 0.6 is 0 Å². The van der Waals surface area contributed by atoms with Gasteiger partial charge in [0.25, 0.3) is 0 Å². The van der Waals surface area contributed by atoms with Crippen molar-refractivity contribution in [1.82, 2.24) is 0 Å². The Morgan fingerprint density at radius 3 is 2.31 bits per heavy atom. The highest BCUT2D eigenvalue weighted by atomic mass is 19.1. The molecule has 1 aromatic carbocycles. The van der Waals surface area contributed by atoms with Crippen LogP contribution in [0.1, 0.15) is 20.7 Å². The minimum Gasteiger partial charge on any atom is -0.449 e. The van der Waals surface area contributed by atoms with E-state index >= 15 is 0 Å². The van der Waals surface area contributed by atoms with Crippen molar-refractivity contribution in [3.05, 3.63) is 46.7 Å². The number of allylic oxidation sites excluding steroid dienone is 2. The van der Waals surface area contributed by atoms with Crippen LogP contribution < -0.4 is 0 Å². The molecule has 3 rings (SSSR count). The van der Waals surface area contributed by atoms with Crippen molar-refractivity contribution >= 4 is 11.6 Å². The lowest BCUT2D eigenvalue weighted by Crippen LogP contribution is -2.20. The highest BCUT2D eigenvalue weighted by Crippen LogP contribution is 2.31. The predicted octanol–water partition coefficient (Wildman–Crippen LogP) is 1.42. The smallest absolute Gasteiger partial charge is 0.232 e. The second-order valence-electron chi connectivity index (χ2n) is 3.41. The number of rotatable bonds is 0. The van der Waals surface area contributed by atoms with Crippen LogP contribution in [0, 0.1) is 5.82 Å². The fourth-order valence-electron chi connectivity index (χ4n) is 1.76. The van der Waals surface area contributed by atoms with E-state index in [9.17, 15) is 14.0 Å². The van der Waals surface area contributed by atoms with Crippen LogP contribution in [0.25, 0.3) is 0 Å². The van der Waals surface area contributed by atoms with Crippen molar-refractivity contribution in [2.24, 2.45) is 0 Å². The lowest BCUT2D eigenvalue weighted by Gasteiger charge is -2.12. The number of hydrogen-bond acceptors (Lipinski definition) is 4. The second kappa shape index (κ2) is 2.91. The summed E-state index contributed by atoms with van der Waals surface area (Å²) in [6.07, 6.45) is 0. The van der Waals surface area contributed by atoms with E-state index in [0.29, 0.717) is 0 Å². The number of Topliss-reactive ketones (excluding diaryl/α,β-unsaturated/α-hetero) is 2. The quantitative estimate of drug-likeness (QED) is 0.663. The summed E-state index contributed by atoms with van der Waals surface area (Å²) < 4.78 is 22.8. The zero-order valence-corrected chi connectivity index (χ0v) is 7.95. The Bertz CT molecular complexity index is 559. The van der Waals surface area contributed by atoms with Gasteiger partial charge in [0.05, 0.1) is 0 Å². The molecule has 1 heterocycles. The van der Waals surface area contributed by atoms with E-state index in [1.165, 1.54) is 6.07 Å². The number of ether oxygens (including phenoxy) is 2. The number of benzene rings is 1. The van der Waals surface area contributed by atoms with E-state index in [4.69, 9.17) is 9.47 Å². The number of carbonyl (C=O) groups is 2. The number of halogens is 1. The van der Waals surface area contributed by atoms with E-state index in [1.807, 2.05) is 0 Å². The fourth-order valence-corrected chi connectivity index (χ4v) is 1.76. The second-order valence-corrected chi connectivity index (χ2v) is 3.41. The summed E-state index contributed by atoms with van der Waals surface area (Å²) in [4.78, 5) is 23.6. The van der Waals surface area contributed by atoms with Gasteiger partial charge in [-0.2, -0.15) is 0 Å². The maximum atomic E-state index is 13.0. The zero-order chi connectivity index (χ0) is 11.3. The average molecular weight is 220 g/mol. The van der Waals surface area contributed by atoms with Crippen molar-refractivity contribution in [3.8, 4) is 0 Å². The van der Waals surface area contributed by atoms with Gasteiger partial charge >= 0.3 is 0 Å². The minimum atomic E-state index is -0.567. The Hall–Kier alpha value is -2.17. The van der Waals surface area contributed by atoms with E-state index in [2.05, 4.69) is 0 Å². The molecule has 0 saturated carbocycles. The first-order valence-electron chi connectivity index (χ1n) is 4.57. The monoisotopic (exact) mass is 220 g/mol.